The number of nitrogens with one attached hydrogen (secondary N) is 1. The third-order valence-corrected chi connectivity index (χ3v) is 5.78. The van der Waals surface area contributed by atoms with Crippen molar-refractivity contribution in [3.63, 3.8) is 0 Å². The lowest BCUT2D eigenvalue weighted by Crippen LogP contribution is -2.51. The minimum atomic E-state index is 0.0397. The molecule has 2 fully saturated rings. The van der Waals surface area contributed by atoms with Crippen LogP contribution in [0.5, 0.6) is 0 Å². The van der Waals surface area contributed by atoms with Crippen LogP contribution >= 0.6 is 0 Å². The zero-order chi connectivity index (χ0) is 21.3. The van der Waals surface area contributed by atoms with Gasteiger partial charge < -0.3 is 15.1 Å². The summed E-state index contributed by atoms with van der Waals surface area (Å²) in [5.41, 5.74) is 2.32. The smallest absolute Gasteiger partial charge is 0.246 e. The fourth-order valence-corrected chi connectivity index (χ4v) is 4.10. The van der Waals surface area contributed by atoms with Crippen molar-refractivity contribution in [3.05, 3.63) is 35.9 Å². The van der Waals surface area contributed by atoms with Crippen molar-refractivity contribution in [1.29, 1.82) is 0 Å². The standard InChI is InChI=1S/C24H36N4O2/c1-20(2)25-23(29)19-26-15-17-28(18-16-26)24(30)12-9-21-7-10-22(11-8-21)27-13-5-3-4-6-14-27/h7-12,20H,3-6,13-19H2,1-2H3,(H,25,29)/b12-9+. The van der Waals surface area contributed by atoms with E-state index in [1.807, 2.05) is 24.8 Å². The number of hydrogen-bond donors (Lipinski definition) is 1. The third kappa shape index (κ3) is 6.87. The van der Waals surface area contributed by atoms with Crippen LogP contribution in [0.15, 0.2) is 30.3 Å². The summed E-state index contributed by atoms with van der Waals surface area (Å²) in [6.07, 6.45) is 8.77. The van der Waals surface area contributed by atoms with Gasteiger partial charge in [-0.05, 0) is 50.5 Å². The molecule has 164 valence electrons. The number of anilines is 1. The Kier molecular flexibility index (Phi) is 8.31. The van der Waals surface area contributed by atoms with Gasteiger partial charge in [0.05, 0.1) is 6.54 Å². The van der Waals surface area contributed by atoms with Gasteiger partial charge >= 0.3 is 0 Å². The second-order valence-electron chi connectivity index (χ2n) is 8.65. The molecule has 0 radical (unpaired) electrons. The Morgan fingerprint density at radius 3 is 2.17 bits per heavy atom. The predicted molar refractivity (Wildman–Crippen MR) is 122 cm³/mol. The highest BCUT2D eigenvalue weighted by molar-refractivity contribution is 5.92. The Morgan fingerprint density at radius 2 is 1.57 bits per heavy atom. The second-order valence-corrected chi connectivity index (χ2v) is 8.65. The molecule has 2 amide bonds. The number of hydrogen-bond acceptors (Lipinski definition) is 4. The molecule has 6 nitrogen and oxygen atoms in total. The largest absolute Gasteiger partial charge is 0.372 e. The average molecular weight is 413 g/mol. The van der Waals surface area contributed by atoms with Gasteiger partial charge in [-0.1, -0.05) is 25.0 Å². The number of benzene rings is 1. The van der Waals surface area contributed by atoms with Crippen LogP contribution in [-0.4, -0.2) is 73.5 Å². The molecule has 0 aliphatic carbocycles. The van der Waals surface area contributed by atoms with Gasteiger partial charge in [-0.15, -0.1) is 0 Å². The Bertz CT molecular complexity index is 713. The predicted octanol–water partition coefficient (Wildman–Crippen LogP) is 2.75. The van der Waals surface area contributed by atoms with Crippen molar-refractivity contribution in [3.8, 4) is 0 Å². The van der Waals surface area contributed by atoms with Crippen LogP contribution in [0, 0.1) is 0 Å². The van der Waals surface area contributed by atoms with Crippen molar-refractivity contribution in [1.82, 2.24) is 15.1 Å². The first-order chi connectivity index (χ1) is 14.5. The molecule has 0 unspecified atom stereocenters. The van der Waals surface area contributed by atoms with Gasteiger partial charge in [0.2, 0.25) is 11.8 Å². The molecule has 0 spiro atoms. The van der Waals surface area contributed by atoms with E-state index in [1.165, 1.54) is 31.4 Å². The molecule has 0 atom stereocenters. The first-order valence-electron chi connectivity index (χ1n) is 11.3. The van der Waals surface area contributed by atoms with Gasteiger partial charge in [-0.2, -0.15) is 0 Å². The Balaban J connectivity index is 1.45. The van der Waals surface area contributed by atoms with Crippen LogP contribution in [-0.2, 0) is 9.59 Å². The van der Waals surface area contributed by atoms with Crippen LogP contribution in [0.2, 0.25) is 0 Å². The highest BCUT2D eigenvalue weighted by Crippen LogP contribution is 2.20. The molecule has 2 aliphatic heterocycles. The maximum atomic E-state index is 12.5. The monoisotopic (exact) mass is 412 g/mol. The summed E-state index contributed by atoms with van der Waals surface area (Å²) in [5.74, 6) is 0.0890. The number of rotatable bonds is 6. The third-order valence-electron chi connectivity index (χ3n) is 5.78. The molecule has 1 aromatic carbocycles. The first kappa shape index (κ1) is 22.3. The van der Waals surface area contributed by atoms with Gasteiger partial charge in [0.25, 0.3) is 0 Å². The molecular weight excluding hydrogens is 376 g/mol. The normalized spacial score (nSPS) is 18.6. The van der Waals surface area contributed by atoms with Crippen LogP contribution in [0.25, 0.3) is 6.08 Å². The summed E-state index contributed by atoms with van der Waals surface area (Å²) in [6, 6.07) is 8.67. The van der Waals surface area contributed by atoms with E-state index in [9.17, 15) is 9.59 Å². The maximum Gasteiger partial charge on any atom is 0.246 e. The summed E-state index contributed by atoms with van der Waals surface area (Å²) in [4.78, 5) is 30.9. The number of nitrogens with zero attached hydrogens (tertiary/aromatic N) is 3. The molecule has 2 saturated heterocycles. The molecule has 30 heavy (non-hydrogen) atoms. The first-order valence-corrected chi connectivity index (χ1v) is 11.3. The topological polar surface area (TPSA) is 55.9 Å². The Labute approximate surface area is 180 Å². The van der Waals surface area contributed by atoms with E-state index in [0.717, 1.165) is 31.7 Å². The fraction of sp³-hybridized carbons (Fsp3) is 0.583. The molecule has 0 bridgehead atoms. The summed E-state index contributed by atoms with van der Waals surface area (Å²) < 4.78 is 0. The lowest BCUT2D eigenvalue weighted by molar-refractivity contribution is -0.128. The molecule has 0 aromatic heterocycles. The van der Waals surface area contributed by atoms with Crippen LogP contribution < -0.4 is 10.2 Å². The summed E-state index contributed by atoms with van der Waals surface area (Å²) in [5, 5.41) is 2.91. The van der Waals surface area contributed by atoms with E-state index in [1.54, 1.807) is 6.08 Å². The van der Waals surface area contributed by atoms with Gasteiger partial charge in [0, 0.05) is 57.1 Å². The molecule has 1 aromatic rings. The lowest BCUT2D eigenvalue weighted by atomic mass is 10.1. The maximum absolute atomic E-state index is 12.5. The molecule has 1 N–H and O–H groups in total. The summed E-state index contributed by atoms with van der Waals surface area (Å²) in [6.45, 7) is 9.38. The highest BCUT2D eigenvalue weighted by atomic mass is 16.2. The second kappa shape index (κ2) is 11.2. The van der Waals surface area contributed by atoms with Gasteiger partial charge in [-0.3, -0.25) is 14.5 Å². The average Bonchev–Trinajstić information content (AvgIpc) is 3.02. The van der Waals surface area contributed by atoms with Gasteiger partial charge in [0.1, 0.15) is 0 Å². The Morgan fingerprint density at radius 1 is 0.933 bits per heavy atom. The van der Waals surface area contributed by atoms with E-state index in [4.69, 9.17) is 0 Å². The van der Waals surface area contributed by atoms with E-state index < -0.39 is 0 Å². The number of carbonyl (C=O) groups is 2. The number of amides is 2. The summed E-state index contributed by atoms with van der Waals surface area (Å²) in [7, 11) is 0. The number of carbonyl (C=O) groups excluding carboxylic acids is 2. The van der Waals surface area contributed by atoms with Crippen LogP contribution in [0.4, 0.5) is 5.69 Å². The van der Waals surface area contributed by atoms with Crippen LogP contribution in [0.3, 0.4) is 0 Å². The SMILES string of the molecule is CC(C)NC(=O)CN1CCN(C(=O)/C=C/c2ccc(N3CCCCCC3)cc2)CC1. The zero-order valence-corrected chi connectivity index (χ0v) is 18.5. The van der Waals surface area contributed by atoms with Crippen molar-refractivity contribution in [2.24, 2.45) is 0 Å². The minimum Gasteiger partial charge on any atom is -0.372 e. The zero-order valence-electron chi connectivity index (χ0n) is 18.5. The van der Waals surface area contributed by atoms with Crippen LogP contribution in [0.1, 0.15) is 45.1 Å². The van der Waals surface area contributed by atoms with E-state index in [-0.39, 0.29) is 17.9 Å². The van der Waals surface area contributed by atoms with Gasteiger partial charge in [0.15, 0.2) is 0 Å². The molecule has 6 heteroatoms. The quantitative estimate of drug-likeness (QED) is 0.730. The van der Waals surface area contributed by atoms with E-state index in [0.29, 0.717) is 19.6 Å². The molecule has 2 heterocycles. The molecule has 2 aliphatic rings. The van der Waals surface area contributed by atoms with Crippen molar-refractivity contribution in [2.45, 2.75) is 45.6 Å². The van der Waals surface area contributed by atoms with Crippen molar-refractivity contribution < 1.29 is 9.59 Å². The highest BCUT2D eigenvalue weighted by Gasteiger charge is 2.21. The van der Waals surface area contributed by atoms with E-state index in [2.05, 4.69) is 39.4 Å². The molecule has 3 rings (SSSR count). The van der Waals surface area contributed by atoms with E-state index >= 15 is 0 Å². The van der Waals surface area contributed by atoms with Gasteiger partial charge in [-0.25, -0.2) is 0 Å². The lowest BCUT2D eigenvalue weighted by Gasteiger charge is -2.33. The molecule has 0 saturated carbocycles. The van der Waals surface area contributed by atoms with Crippen molar-refractivity contribution >= 4 is 23.6 Å². The fourth-order valence-electron chi connectivity index (χ4n) is 4.10. The molecular formula is C24H36N4O2. The summed E-state index contributed by atoms with van der Waals surface area (Å²) >= 11 is 0. The number of piperazine rings is 1. The van der Waals surface area contributed by atoms with Crippen molar-refractivity contribution in [2.75, 3.05) is 50.7 Å². The Hall–Kier alpha value is -2.34. The minimum absolute atomic E-state index is 0.0397.